The van der Waals surface area contributed by atoms with Gasteiger partial charge in [-0.1, -0.05) is 68.5 Å². The van der Waals surface area contributed by atoms with Gasteiger partial charge in [0.25, 0.3) is 0 Å². The molecule has 142 valence electrons. The van der Waals surface area contributed by atoms with E-state index in [4.69, 9.17) is 0 Å². The summed E-state index contributed by atoms with van der Waals surface area (Å²) < 4.78 is 0. The summed E-state index contributed by atoms with van der Waals surface area (Å²) in [6.07, 6.45) is 11.3. The Kier molecular flexibility index (Phi) is 9.66. The number of hydrogen-bond acceptors (Lipinski definition) is 3. The van der Waals surface area contributed by atoms with Crippen LogP contribution in [0.1, 0.15) is 56.1 Å². The molecule has 0 aliphatic carbocycles. The molecule has 2 rings (SSSR count). The Morgan fingerprint density at radius 1 is 0.577 bits per heavy atom. The third-order valence-electron chi connectivity index (χ3n) is 4.79. The molecule has 0 spiro atoms. The number of unbranched alkanes of at least 4 members (excludes halogenated alkanes) is 6. The monoisotopic (exact) mass is 355 g/mol. The Bertz CT molecular complexity index is 613. The Hall–Kier alpha value is -2.00. The van der Waals surface area contributed by atoms with Gasteiger partial charge in [-0.3, -0.25) is 0 Å². The van der Waals surface area contributed by atoms with Gasteiger partial charge in [-0.2, -0.15) is 0 Å². The molecular weight excluding hydrogens is 322 g/mol. The smallest absolute Gasteiger partial charge is 0.157 e. The van der Waals surface area contributed by atoms with Crippen molar-refractivity contribution in [1.29, 1.82) is 0 Å². The molecule has 3 nitrogen and oxygen atoms in total. The van der Waals surface area contributed by atoms with E-state index in [9.17, 15) is 10.2 Å². The molecule has 3 N–H and O–H groups in total. The Morgan fingerprint density at radius 2 is 1.27 bits per heavy atom. The highest BCUT2D eigenvalue weighted by Crippen LogP contribution is 2.24. The van der Waals surface area contributed by atoms with Crippen LogP contribution in [0.15, 0.2) is 48.5 Å². The zero-order valence-electron chi connectivity index (χ0n) is 15.8. The molecule has 2 aromatic rings. The minimum atomic E-state index is -0.0539. The minimum Gasteiger partial charge on any atom is -0.504 e. The summed E-state index contributed by atoms with van der Waals surface area (Å²) in [7, 11) is 0. The van der Waals surface area contributed by atoms with Crippen molar-refractivity contribution in [3.63, 3.8) is 0 Å². The molecule has 0 amide bonds. The van der Waals surface area contributed by atoms with Gasteiger partial charge in [-0.15, -0.1) is 0 Å². The largest absolute Gasteiger partial charge is 0.504 e. The number of nitrogens with one attached hydrogen (secondary N) is 1. The maximum Gasteiger partial charge on any atom is 0.157 e. The standard InChI is InChI=1S/C23H33NO2/c25-22-15-14-21(19-23(22)26)16-18-24-17-10-5-3-1-2-4-7-11-20-12-8-6-9-13-20/h6,8-9,12-15,19,24-26H,1-5,7,10-11,16-18H2. The van der Waals surface area contributed by atoms with Crippen LogP contribution in [0.2, 0.25) is 0 Å². The lowest BCUT2D eigenvalue weighted by molar-refractivity contribution is 0.403. The quantitative estimate of drug-likeness (QED) is 0.342. The van der Waals surface area contributed by atoms with E-state index in [0.717, 1.165) is 25.1 Å². The van der Waals surface area contributed by atoms with Crippen molar-refractivity contribution in [1.82, 2.24) is 5.32 Å². The lowest BCUT2D eigenvalue weighted by Gasteiger charge is -2.06. The number of phenolic OH excluding ortho intramolecular Hbond substituents is 2. The second-order valence-electron chi connectivity index (χ2n) is 7.03. The predicted octanol–water partition coefficient (Wildman–Crippen LogP) is 5.20. The van der Waals surface area contributed by atoms with Crippen LogP contribution < -0.4 is 5.32 Å². The summed E-state index contributed by atoms with van der Waals surface area (Å²) in [6.45, 7) is 1.96. The molecule has 0 bridgehead atoms. The summed E-state index contributed by atoms with van der Waals surface area (Å²) in [4.78, 5) is 0. The van der Waals surface area contributed by atoms with E-state index in [2.05, 4.69) is 35.6 Å². The van der Waals surface area contributed by atoms with Gasteiger partial charge in [-0.05, 0) is 62.0 Å². The van der Waals surface area contributed by atoms with Crippen LogP contribution in [0, 0.1) is 0 Å². The van der Waals surface area contributed by atoms with E-state index in [1.807, 2.05) is 6.07 Å². The van der Waals surface area contributed by atoms with Crippen LogP contribution in [-0.2, 0) is 12.8 Å². The zero-order chi connectivity index (χ0) is 18.5. The third-order valence-corrected chi connectivity index (χ3v) is 4.79. The topological polar surface area (TPSA) is 52.5 Å². The first-order valence-corrected chi connectivity index (χ1v) is 10.0. The third kappa shape index (κ3) is 8.39. The Balaban J connectivity index is 1.36. The fourth-order valence-electron chi connectivity index (χ4n) is 3.19. The van der Waals surface area contributed by atoms with Gasteiger partial charge in [0.05, 0.1) is 0 Å². The van der Waals surface area contributed by atoms with E-state index in [-0.39, 0.29) is 11.5 Å². The number of rotatable bonds is 13. The predicted molar refractivity (Wildman–Crippen MR) is 109 cm³/mol. The second-order valence-corrected chi connectivity index (χ2v) is 7.03. The highest BCUT2D eigenvalue weighted by atomic mass is 16.3. The molecule has 0 atom stereocenters. The van der Waals surface area contributed by atoms with E-state index >= 15 is 0 Å². The Morgan fingerprint density at radius 3 is 2.00 bits per heavy atom. The number of aromatic hydroxyl groups is 2. The Labute approximate surface area is 158 Å². The maximum atomic E-state index is 9.46. The summed E-state index contributed by atoms with van der Waals surface area (Å²) in [6, 6.07) is 15.8. The van der Waals surface area contributed by atoms with Crippen molar-refractivity contribution in [2.24, 2.45) is 0 Å². The molecule has 3 heteroatoms. The minimum absolute atomic E-state index is 0.0359. The average molecular weight is 356 g/mol. The van der Waals surface area contributed by atoms with Crippen LogP contribution in [-0.4, -0.2) is 23.3 Å². The molecule has 0 aliphatic heterocycles. The lowest BCUT2D eigenvalue weighted by atomic mass is 10.0. The summed E-state index contributed by atoms with van der Waals surface area (Å²) in [5, 5.41) is 22.2. The first kappa shape index (κ1) is 20.3. The second kappa shape index (κ2) is 12.4. The van der Waals surface area contributed by atoms with Crippen molar-refractivity contribution < 1.29 is 10.2 Å². The first-order valence-electron chi connectivity index (χ1n) is 10.0. The molecule has 0 unspecified atom stereocenters. The molecule has 0 radical (unpaired) electrons. The molecule has 0 heterocycles. The van der Waals surface area contributed by atoms with Crippen molar-refractivity contribution in [3.05, 3.63) is 59.7 Å². The number of hydrogen-bond donors (Lipinski definition) is 3. The molecule has 26 heavy (non-hydrogen) atoms. The fourth-order valence-corrected chi connectivity index (χ4v) is 3.19. The molecule has 2 aromatic carbocycles. The molecule has 0 aliphatic rings. The number of phenols is 2. The van der Waals surface area contributed by atoms with Crippen LogP contribution in [0.4, 0.5) is 0 Å². The fraction of sp³-hybridized carbons (Fsp3) is 0.478. The van der Waals surface area contributed by atoms with Crippen LogP contribution >= 0.6 is 0 Å². The van der Waals surface area contributed by atoms with Crippen LogP contribution in [0.3, 0.4) is 0 Å². The van der Waals surface area contributed by atoms with E-state index in [0.29, 0.717) is 0 Å². The van der Waals surface area contributed by atoms with Crippen molar-refractivity contribution in [2.75, 3.05) is 13.1 Å². The van der Waals surface area contributed by atoms with E-state index in [1.54, 1.807) is 12.1 Å². The van der Waals surface area contributed by atoms with Gasteiger partial charge in [-0.25, -0.2) is 0 Å². The zero-order valence-corrected chi connectivity index (χ0v) is 15.8. The van der Waals surface area contributed by atoms with Gasteiger partial charge in [0.1, 0.15) is 0 Å². The molecule has 0 saturated carbocycles. The van der Waals surface area contributed by atoms with Gasteiger partial charge < -0.3 is 15.5 Å². The van der Waals surface area contributed by atoms with Gasteiger partial charge in [0.2, 0.25) is 0 Å². The summed E-state index contributed by atoms with van der Waals surface area (Å²) in [5.41, 5.74) is 2.50. The average Bonchev–Trinajstić information content (AvgIpc) is 2.66. The summed E-state index contributed by atoms with van der Waals surface area (Å²) >= 11 is 0. The van der Waals surface area contributed by atoms with Gasteiger partial charge >= 0.3 is 0 Å². The normalized spacial score (nSPS) is 10.9. The van der Waals surface area contributed by atoms with Crippen LogP contribution in [0.5, 0.6) is 11.5 Å². The highest BCUT2D eigenvalue weighted by Gasteiger charge is 2.00. The molecule has 0 aromatic heterocycles. The number of benzene rings is 2. The maximum absolute atomic E-state index is 9.46. The number of aryl methyl sites for hydroxylation is 1. The molecule has 0 fully saturated rings. The van der Waals surface area contributed by atoms with Crippen molar-refractivity contribution in [3.8, 4) is 11.5 Å². The highest BCUT2D eigenvalue weighted by molar-refractivity contribution is 5.40. The van der Waals surface area contributed by atoms with Crippen molar-refractivity contribution >= 4 is 0 Å². The van der Waals surface area contributed by atoms with Crippen molar-refractivity contribution in [2.45, 2.75) is 57.8 Å². The lowest BCUT2D eigenvalue weighted by Crippen LogP contribution is -2.18. The molecule has 0 saturated heterocycles. The van der Waals surface area contributed by atoms with Gasteiger partial charge in [0, 0.05) is 0 Å². The van der Waals surface area contributed by atoms with Gasteiger partial charge in [0.15, 0.2) is 11.5 Å². The first-order chi connectivity index (χ1) is 12.8. The van der Waals surface area contributed by atoms with Crippen LogP contribution in [0.25, 0.3) is 0 Å². The SMILES string of the molecule is Oc1ccc(CCNCCCCCCCCCc2ccccc2)cc1O. The van der Waals surface area contributed by atoms with E-state index in [1.165, 1.54) is 56.9 Å². The van der Waals surface area contributed by atoms with E-state index < -0.39 is 0 Å². The summed E-state index contributed by atoms with van der Waals surface area (Å²) in [5.74, 6) is -0.0898. The molecular formula is C23H33NO2.